The van der Waals surface area contributed by atoms with Gasteiger partial charge in [-0.15, -0.1) is 0 Å². The molecule has 2 aromatic rings. The second-order valence-corrected chi connectivity index (χ2v) is 13.0. The van der Waals surface area contributed by atoms with Crippen LogP contribution in [0.5, 0.6) is 0 Å². The van der Waals surface area contributed by atoms with Gasteiger partial charge in [0, 0.05) is 38.0 Å². The summed E-state index contributed by atoms with van der Waals surface area (Å²) in [5, 5.41) is 0. The van der Waals surface area contributed by atoms with Crippen LogP contribution in [0.2, 0.25) is 0 Å². The van der Waals surface area contributed by atoms with E-state index < -0.39 is 11.8 Å². The predicted octanol–water partition coefficient (Wildman–Crippen LogP) is 6.26. The van der Waals surface area contributed by atoms with E-state index >= 15 is 0 Å². The molecule has 234 valence electrons. The fourth-order valence-electron chi connectivity index (χ4n) is 6.63. The largest absolute Gasteiger partial charge is 0.447 e. The van der Waals surface area contributed by atoms with Crippen LogP contribution in [0, 0.1) is 17.7 Å². The van der Waals surface area contributed by atoms with Crippen LogP contribution in [-0.4, -0.2) is 84.0 Å². The molecular weight excluding hydrogens is 549 g/mol. The Hall–Kier alpha value is -3.17. The lowest BCUT2D eigenvalue weighted by atomic mass is 9.81. The summed E-state index contributed by atoms with van der Waals surface area (Å²) in [5.74, 6) is 0.353. The molecule has 3 aliphatic heterocycles. The van der Waals surface area contributed by atoms with Gasteiger partial charge in [-0.05, 0) is 48.9 Å². The van der Waals surface area contributed by atoms with Gasteiger partial charge in [-0.25, -0.2) is 14.0 Å². The third-order valence-electron chi connectivity index (χ3n) is 9.07. The average Bonchev–Trinajstić information content (AvgIpc) is 3.48. The third kappa shape index (κ3) is 7.15. The highest BCUT2D eigenvalue weighted by Crippen LogP contribution is 2.44. The minimum atomic E-state index is -0.683. The van der Waals surface area contributed by atoms with Gasteiger partial charge in [0.05, 0.1) is 18.7 Å². The van der Waals surface area contributed by atoms with Crippen LogP contribution in [0.15, 0.2) is 54.6 Å². The van der Waals surface area contributed by atoms with Crippen molar-refractivity contribution in [1.82, 2.24) is 14.7 Å². The molecule has 3 fully saturated rings. The molecule has 0 aromatic heterocycles. The molecule has 3 atom stereocenters. The van der Waals surface area contributed by atoms with E-state index in [1.54, 1.807) is 17.0 Å². The summed E-state index contributed by atoms with van der Waals surface area (Å²) >= 11 is 0. The molecule has 2 amide bonds. The smallest absolute Gasteiger partial charge is 0.413 e. The second kappa shape index (κ2) is 13.6. The normalized spacial score (nSPS) is 23.0. The summed E-state index contributed by atoms with van der Waals surface area (Å²) in [5.41, 5.74) is 1.17. The van der Waals surface area contributed by atoms with E-state index in [-0.39, 0.29) is 36.0 Å². The van der Waals surface area contributed by atoms with Gasteiger partial charge in [-0.2, -0.15) is 0 Å². The van der Waals surface area contributed by atoms with Crippen molar-refractivity contribution in [1.29, 1.82) is 0 Å². The highest BCUT2D eigenvalue weighted by Gasteiger charge is 2.57. The number of halogens is 1. The fraction of sp³-hybridized carbons (Fsp3) is 0.588. The molecule has 1 spiro atoms. The van der Waals surface area contributed by atoms with Gasteiger partial charge in [0.1, 0.15) is 18.0 Å². The van der Waals surface area contributed by atoms with E-state index in [1.165, 1.54) is 12.1 Å². The zero-order chi connectivity index (χ0) is 30.6. The number of amides is 2. The van der Waals surface area contributed by atoms with Gasteiger partial charge in [-0.1, -0.05) is 70.2 Å². The molecule has 0 aliphatic carbocycles. The lowest BCUT2D eigenvalue weighted by molar-refractivity contribution is -0.0714. The molecule has 2 aromatic carbocycles. The highest BCUT2D eigenvalue weighted by molar-refractivity contribution is 5.72. The molecule has 3 aliphatic rings. The lowest BCUT2D eigenvalue weighted by Crippen LogP contribution is -2.54. The zero-order valence-corrected chi connectivity index (χ0v) is 25.9. The molecule has 3 saturated heterocycles. The quantitative estimate of drug-likeness (QED) is 0.288. The Kier molecular flexibility index (Phi) is 9.92. The van der Waals surface area contributed by atoms with Gasteiger partial charge in [0.15, 0.2) is 6.23 Å². The summed E-state index contributed by atoms with van der Waals surface area (Å²) in [6.45, 7) is 12.5. The first kappa shape index (κ1) is 31.3. The number of piperidine rings is 1. The third-order valence-corrected chi connectivity index (χ3v) is 9.07. The van der Waals surface area contributed by atoms with Crippen molar-refractivity contribution in [2.24, 2.45) is 11.8 Å². The highest BCUT2D eigenvalue weighted by atomic mass is 19.1. The van der Waals surface area contributed by atoms with Crippen LogP contribution in [0.1, 0.15) is 64.3 Å². The molecule has 0 saturated carbocycles. The van der Waals surface area contributed by atoms with Crippen LogP contribution in [0.3, 0.4) is 0 Å². The Bertz CT molecular complexity index is 1220. The number of hydrogen-bond acceptors (Lipinski definition) is 6. The van der Waals surface area contributed by atoms with Crippen molar-refractivity contribution in [2.45, 2.75) is 77.3 Å². The van der Waals surface area contributed by atoms with Crippen LogP contribution >= 0.6 is 0 Å². The van der Waals surface area contributed by atoms with Crippen LogP contribution in [0.25, 0.3) is 0 Å². The first-order valence-electron chi connectivity index (χ1n) is 15.7. The lowest BCUT2D eigenvalue weighted by Gasteiger charge is -2.43. The number of ether oxygens (including phenoxy) is 3. The molecule has 9 heteroatoms. The predicted molar refractivity (Wildman–Crippen MR) is 162 cm³/mol. The number of rotatable bonds is 12. The number of nitrogens with zero attached hydrogens (tertiary/aromatic N) is 3. The van der Waals surface area contributed by atoms with E-state index in [2.05, 4.69) is 32.6 Å². The summed E-state index contributed by atoms with van der Waals surface area (Å²) in [6, 6.07) is 16.2. The van der Waals surface area contributed by atoms with Crippen LogP contribution in [0.4, 0.5) is 14.0 Å². The van der Waals surface area contributed by atoms with Gasteiger partial charge < -0.3 is 24.0 Å². The number of cyclic esters (lactones) is 1. The van der Waals surface area contributed by atoms with E-state index in [0.29, 0.717) is 44.9 Å². The van der Waals surface area contributed by atoms with Crippen LogP contribution < -0.4 is 0 Å². The van der Waals surface area contributed by atoms with Gasteiger partial charge in [0.2, 0.25) is 0 Å². The Labute approximate surface area is 255 Å². The monoisotopic (exact) mass is 595 g/mol. The number of carbonyl (C=O) groups is 2. The average molecular weight is 596 g/mol. The van der Waals surface area contributed by atoms with Crippen molar-refractivity contribution in [3.05, 3.63) is 71.5 Å². The SMILES string of the molecule is CC(C)COC(c1ccccc1)N1C(=O)OC2(CCN(CCCN3C(=O)OC[C@@H]3C(C)C)CC2)C1Cc1ccc(F)cc1. The van der Waals surface area contributed by atoms with E-state index in [0.717, 1.165) is 37.2 Å². The standard InChI is InChI=1S/C34H46FN3O5/c1-24(2)22-41-31(27-9-6-5-7-10-27)38-30(21-26-11-13-28(35)14-12-26)34(43-33(38)40)15-19-36(20-16-34)17-8-18-37-29(25(3)4)23-42-32(37)39/h5-7,9-14,24-25,29-31H,8,15-23H2,1-4H3/t29-,30?,31?/m1/s1. The van der Waals surface area contributed by atoms with Gasteiger partial charge >= 0.3 is 12.2 Å². The van der Waals surface area contributed by atoms with Crippen molar-refractivity contribution in [3.8, 4) is 0 Å². The van der Waals surface area contributed by atoms with E-state index in [4.69, 9.17) is 14.2 Å². The molecule has 5 rings (SSSR count). The number of benzene rings is 2. The van der Waals surface area contributed by atoms with E-state index in [9.17, 15) is 14.0 Å². The number of hydrogen-bond donors (Lipinski definition) is 0. The van der Waals surface area contributed by atoms with Gasteiger partial charge in [-0.3, -0.25) is 4.90 Å². The molecule has 0 bridgehead atoms. The maximum atomic E-state index is 13.8. The molecule has 0 N–H and O–H groups in total. The molecule has 3 heterocycles. The molecule has 43 heavy (non-hydrogen) atoms. The molecule has 2 unspecified atom stereocenters. The number of carbonyl (C=O) groups excluding carboxylic acids is 2. The first-order valence-corrected chi connectivity index (χ1v) is 15.7. The maximum absolute atomic E-state index is 13.8. The van der Waals surface area contributed by atoms with Crippen molar-refractivity contribution in [2.75, 3.05) is 39.4 Å². The van der Waals surface area contributed by atoms with Crippen LogP contribution in [-0.2, 0) is 20.6 Å². The second-order valence-electron chi connectivity index (χ2n) is 13.0. The first-order chi connectivity index (χ1) is 20.7. The minimum absolute atomic E-state index is 0.128. The Morgan fingerprint density at radius 1 is 0.953 bits per heavy atom. The maximum Gasteiger partial charge on any atom is 0.413 e. The molecule has 8 nitrogen and oxygen atoms in total. The Morgan fingerprint density at radius 2 is 1.65 bits per heavy atom. The molecular formula is C34H46FN3O5. The van der Waals surface area contributed by atoms with Crippen molar-refractivity contribution >= 4 is 12.2 Å². The minimum Gasteiger partial charge on any atom is -0.447 e. The molecule has 0 radical (unpaired) electrons. The Morgan fingerprint density at radius 3 is 2.30 bits per heavy atom. The van der Waals surface area contributed by atoms with E-state index in [1.807, 2.05) is 35.2 Å². The summed E-state index contributed by atoms with van der Waals surface area (Å²) in [4.78, 5) is 32.1. The summed E-state index contributed by atoms with van der Waals surface area (Å²) in [6.07, 6.45) is 1.59. The van der Waals surface area contributed by atoms with Crippen molar-refractivity contribution < 1.29 is 28.2 Å². The number of likely N-dealkylation sites (tertiary alicyclic amines) is 1. The summed E-state index contributed by atoms with van der Waals surface area (Å²) in [7, 11) is 0. The summed E-state index contributed by atoms with van der Waals surface area (Å²) < 4.78 is 31.9. The topological polar surface area (TPSA) is 71.5 Å². The van der Waals surface area contributed by atoms with Gasteiger partial charge in [0.25, 0.3) is 0 Å². The fourth-order valence-corrected chi connectivity index (χ4v) is 6.63. The van der Waals surface area contributed by atoms with Crippen molar-refractivity contribution in [3.63, 3.8) is 0 Å². The Balaban J connectivity index is 1.32. The zero-order valence-electron chi connectivity index (χ0n) is 25.9.